The van der Waals surface area contributed by atoms with Crippen molar-refractivity contribution < 1.29 is 4.21 Å². The van der Waals surface area contributed by atoms with E-state index in [2.05, 4.69) is 14.4 Å². The molecular formula is C8H13N3OS. The predicted octanol–water partition coefficient (Wildman–Crippen LogP) is 1.29. The van der Waals surface area contributed by atoms with Crippen LogP contribution >= 0.6 is 0 Å². The van der Waals surface area contributed by atoms with E-state index in [9.17, 15) is 4.21 Å². The van der Waals surface area contributed by atoms with E-state index in [1.165, 1.54) is 6.21 Å². The number of hydrogen-bond donors (Lipinski definition) is 1. The van der Waals surface area contributed by atoms with Gasteiger partial charge in [-0.3, -0.25) is 0 Å². The van der Waals surface area contributed by atoms with E-state index in [-0.39, 0.29) is 4.75 Å². The quantitative estimate of drug-likeness (QED) is 0.730. The highest BCUT2D eigenvalue weighted by molar-refractivity contribution is 7.85. The van der Waals surface area contributed by atoms with E-state index in [4.69, 9.17) is 0 Å². The summed E-state index contributed by atoms with van der Waals surface area (Å²) in [6.07, 6.45) is 4.81. The molecule has 0 radical (unpaired) electrons. The van der Waals surface area contributed by atoms with Crippen molar-refractivity contribution in [3.63, 3.8) is 0 Å². The fraction of sp³-hybridized carbons (Fsp3) is 0.500. The number of H-pyrrole nitrogens is 1. The van der Waals surface area contributed by atoms with Crippen molar-refractivity contribution in [1.29, 1.82) is 0 Å². The summed E-state index contributed by atoms with van der Waals surface area (Å²) in [6, 6.07) is 0. The zero-order valence-corrected chi connectivity index (χ0v) is 8.76. The number of nitrogens with zero attached hydrogens (tertiary/aromatic N) is 2. The summed E-state index contributed by atoms with van der Waals surface area (Å²) in [5, 5.41) is 0. The first kappa shape index (κ1) is 10.1. The topological polar surface area (TPSA) is 58.1 Å². The van der Waals surface area contributed by atoms with Gasteiger partial charge in [0, 0.05) is 12.4 Å². The number of aromatic nitrogens is 2. The van der Waals surface area contributed by atoms with Gasteiger partial charge in [0.15, 0.2) is 0 Å². The molecule has 13 heavy (non-hydrogen) atoms. The van der Waals surface area contributed by atoms with Crippen LogP contribution in [0.1, 0.15) is 26.6 Å². The van der Waals surface area contributed by atoms with Crippen LogP contribution in [0.4, 0.5) is 0 Å². The molecule has 1 N–H and O–H groups in total. The van der Waals surface area contributed by atoms with Gasteiger partial charge in [0.2, 0.25) is 0 Å². The van der Waals surface area contributed by atoms with E-state index in [0.29, 0.717) is 5.82 Å². The molecule has 0 saturated carbocycles. The van der Waals surface area contributed by atoms with Crippen LogP contribution in [0, 0.1) is 0 Å². The fourth-order valence-electron chi connectivity index (χ4n) is 0.604. The lowest BCUT2D eigenvalue weighted by molar-refractivity contribution is 0.651. The Balaban J connectivity index is 2.65. The number of rotatable bonds is 2. The second-order valence-electron chi connectivity index (χ2n) is 3.57. The minimum absolute atomic E-state index is 0.316. The van der Waals surface area contributed by atoms with Gasteiger partial charge in [0.1, 0.15) is 16.8 Å². The molecule has 1 atom stereocenters. The summed E-state index contributed by atoms with van der Waals surface area (Å²) in [4.78, 5) is 6.78. The third-order valence-corrected chi connectivity index (χ3v) is 2.66. The molecule has 0 aliphatic heterocycles. The summed E-state index contributed by atoms with van der Waals surface area (Å²) in [6.45, 7) is 5.63. The molecule has 1 aromatic heterocycles. The second-order valence-corrected chi connectivity index (χ2v) is 5.50. The van der Waals surface area contributed by atoms with Gasteiger partial charge < -0.3 is 4.98 Å². The highest BCUT2D eigenvalue weighted by atomic mass is 32.2. The van der Waals surface area contributed by atoms with Crippen molar-refractivity contribution in [3.8, 4) is 0 Å². The van der Waals surface area contributed by atoms with Gasteiger partial charge in [-0.05, 0) is 20.8 Å². The lowest BCUT2D eigenvalue weighted by Gasteiger charge is -2.12. The molecule has 0 spiro atoms. The van der Waals surface area contributed by atoms with Crippen molar-refractivity contribution in [2.45, 2.75) is 25.5 Å². The molecule has 0 fully saturated rings. The smallest absolute Gasteiger partial charge is 0.149 e. The van der Waals surface area contributed by atoms with Crippen LogP contribution in [0.25, 0.3) is 0 Å². The van der Waals surface area contributed by atoms with Gasteiger partial charge in [-0.1, -0.05) is 0 Å². The van der Waals surface area contributed by atoms with E-state index in [0.717, 1.165) is 0 Å². The molecule has 0 aromatic carbocycles. The molecule has 4 nitrogen and oxygen atoms in total. The SMILES string of the molecule is CC(C)(C)S(=O)/N=C/c1ncc[nH]1. The molecule has 1 aromatic rings. The van der Waals surface area contributed by atoms with Gasteiger partial charge in [-0.15, -0.1) is 0 Å². The highest BCUT2D eigenvalue weighted by Gasteiger charge is 2.18. The predicted molar refractivity (Wildman–Crippen MR) is 54.1 cm³/mol. The Labute approximate surface area is 80.1 Å². The normalized spacial score (nSPS) is 15.0. The number of hydrogen-bond acceptors (Lipinski definition) is 2. The largest absolute Gasteiger partial charge is 0.344 e. The summed E-state index contributed by atoms with van der Waals surface area (Å²) in [7, 11) is -1.21. The highest BCUT2D eigenvalue weighted by Crippen LogP contribution is 2.11. The summed E-state index contributed by atoms with van der Waals surface area (Å²) < 4.78 is 15.0. The number of aromatic amines is 1. The molecule has 1 heterocycles. The summed E-state index contributed by atoms with van der Waals surface area (Å²) in [5.41, 5.74) is 0. The Hall–Kier alpha value is -0.970. The monoisotopic (exact) mass is 199 g/mol. The van der Waals surface area contributed by atoms with Gasteiger partial charge in [-0.2, -0.15) is 4.40 Å². The Kier molecular flexibility index (Phi) is 2.98. The maximum absolute atomic E-state index is 11.4. The number of nitrogens with one attached hydrogen (secondary N) is 1. The van der Waals surface area contributed by atoms with E-state index in [1.54, 1.807) is 12.4 Å². The standard InChI is InChI=1S/C8H13N3OS/c1-8(2,3)13(12)11-6-7-9-4-5-10-7/h4-6H,1-3H3,(H,9,10)/b11-6+. The van der Waals surface area contributed by atoms with E-state index < -0.39 is 11.0 Å². The third-order valence-electron chi connectivity index (χ3n) is 1.31. The molecule has 5 heteroatoms. The molecule has 0 aliphatic carbocycles. The van der Waals surface area contributed by atoms with Gasteiger partial charge in [0.25, 0.3) is 0 Å². The van der Waals surface area contributed by atoms with Crippen molar-refractivity contribution in [2.24, 2.45) is 4.40 Å². The van der Waals surface area contributed by atoms with E-state index >= 15 is 0 Å². The second kappa shape index (κ2) is 3.83. The molecule has 1 unspecified atom stereocenters. The van der Waals surface area contributed by atoms with Crippen LogP contribution in [0.5, 0.6) is 0 Å². The van der Waals surface area contributed by atoms with Crippen molar-refractivity contribution in [1.82, 2.24) is 9.97 Å². The molecule has 0 saturated heterocycles. The fourth-order valence-corrected chi connectivity index (χ4v) is 1.12. The number of imidazole rings is 1. The molecular weight excluding hydrogens is 186 g/mol. The van der Waals surface area contributed by atoms with Crippen molar-refractivity contribution in [3.05, 3.63) is 18.2 Å². The zero-order valence-electron chi connectivity index (χ0n) is 7.94. The maximum Gasteiger partial charge on any atom is 0.149 e. The first-order valence-electron chi connectivity index (χ1n) is 3.95. The van der Waals surface area contributed by atoms with Gasteiger partial charge in [-0.25, -0.2) is 9.19 Å². The minimum atomic E-state index is -1.21. The summed E-state index contributed by atoms with van der Waals surface area (Å²) in [5.74, 6) is 0.623. The average Bonchev–Trinajstić information content (AvgIpc) is 2.50. The van der Waals surface area contributed by atoms with Crippen LogP contribution in [0.2, 0.25) is 0 Å². The Bertz CT molecular complexity index is 311. The van der Waals surface area contributed by atoms with Crippen LogP contribution in [-0.4, -0.2) is 25.1 Å². The minimum Gasteiger partial charge on any atom is -0.344 e. The average molecular weight is 199 g/mol. The lowest BCUT2D eigenvalue weighted by atomic mass is 10.3. The zero-order chi connectivity index (χ0) is 9.90. The molecule has 0 amide bonds. The van der Waals surface area contributed by atoms with E-state index in [1.807, 2.05) is 20.8 Å². The van der Waals surface area contributed by atoms with Crippen LogP contribution < -0.4 is 0 Å². The molecule has 72 valence electrons. The molecule has 0 aliphatic rings. The third kappa shape index (κ3) is 3.10. The van der Waals surface area contributed by atoms with Crippen LogP contribution in [0.3, 0.4) is 0 Å². The Morgan fingerprint density at radius 2 is 2.31 bits per heavy atom. The maximum atomic E-state index is 11.4. The molecule has 0 bridgehead atoms. The summed E-state index contributed by atoms with van der Waals surface area (Å²) >= 11 is 0. The van der Waals surface area contributed by atoms with Gasteiger partial charge >= 0.3 is 0 Å². The van der Waals surface area contributed by atoms with Crippen LogP contribution in [0.15, 0.2) is 16.8 Å². The lowest BCUT2D eigenvalue weighted by Crippen LogP contribution is -2.19. The first-order chi connectivity index (χ1) is 6.00. The van der Waals surface area contributed by atoms with Crippen molar-refractivity contribution >= 4 is 17.2 Å². The van der Waals surface area contributed by atoms with Gasteiger partial charge in [0.05, 0.1) is 11.0 Å². The molecule has 1 rings (SSSR count). The first-order valence-corrected chi connectivity index (χ1v) is 5.06. The van der Waals surface area contributed by atoms with Crippen LogP contribution in [-0.2, 0) is 11.0 Å². The Morgan fingerprint density at radius 1 is 1.62 bits per heavy atom. The van der Waals surface area contributed by atoms with Crippen molar-refractivity contribution in [2.75, 3.05) is 0 Å². The Morgan fingerprint density at radius 3 is 2.77 bits per heavy atom.